The molecule has 1 spiro atoms. The minimum Gasteiger partial charge on any atom is -0.508 e. The van der Waals surface area contributed by atoms with Gasteiger partial charge in [0.2, 0.25) is 11.8 Å². The summed E-state index contributed by atoms with van der Waals surface area (Å²) in [6, 6.07) is 15.3. The number of anilines is 2. The lowest BCUT2D eigenvalue weighted by Gasteiger charge is -2.55. The van der Waals surface area contributed by atoms with Crippen molar-refractivity contribution >= 4 is 50.9 Å². The molecule has 8 heterocycles. The minimum atomic E-state index is -1.21. The van der Waals surface area contributed by atoms with Gasteiger partial charge >= 0.3 is 6.01 Å². The normalized spacial score (nSPS) is 25.4. The molecule has 6 aliphatic heterocycles. The minimum absolute atomic E-state index is 0.0404. The fourth-order valence-corrected chi connectivity index (χ4v) is 13.7. The van der Waals surface area contributed by atoms with Crippen LogP contribution in [-0.2, 0) is 22.6 Å². The van der Waals surface area contributed by atoms with Crippen LogP contribution in [0.15, 0.2) is 54.7 Å². The van der Waals surface area contributed by atoms with E-state index in [1.807, 2.05) is 30.3 Å². The molecule has 382 valence electrons. The number of phenolic OH excluding ortho intramolecular Hbond substituents is 1. The molecule has 2 saturated carbocycles. The number of halogens is 2. The van der Waals surface area contributed by atoms with Crippen LogP contribution in [-0.4, -0.2) is 148 Å². The van der Waals surface area contributed by atoms with Crippen molar-refractivity contribution < 1.29 is 33.0 Å². The Morgan fingerprint density at radius 2 is 1.63 bits per heavy atom. The summed E-state index contributed by atoms with van der Waals surface area (Å²) in [5.74, 6) is -0.751. The molecule has 2 bridgehead atoms. The van der Waals surface area contributed by atoms with Gasteiger partial charge in [0.05, 0.1) is 12.0 Å². The molecule has 3 atom stereocenters. The van der Waals surface area contributed by atoms with Crippen LogP contribution in [0.2, 0.25) is 0 Å². The second kappa shape index (κ2) is 17.8. The van der Waals surface area contributed by atoms with Crippen LogP contribution < -0.4 is 25.2 Å². The quantitative estimate of drug-likeness (QED) is 0.116. The molecule has 5 aromatic rings. The lowest BCUT2D eigenvalue weighted by molar-refractivity contribution is -0.136. The first kappa shape index (κ1) is 46.7. The number of imide groups is 1. The number of hydrogen-bond acceptors (Lipinski definition) is 13. The molecular formula is C56H64F2N10O5. The number of carbonyl (C=O) groups excluding carboxylic acids is 3. The van der Waals surface area contributed by atoms with Crippen molar-refractivity contribution in [2.75, 3.05) is 81.9 Å². The van der Waals surface area contributed by atoms with Gasteiger partial charge in [-0.25, -0.2) is 8.78 Å². The highest BCUT2D eigenvalue weighted by molar-refractivity contribution is 6.06. The van der Waals surface area contributed by atoms with E-state index in [0.717, 1.165) is 131 Å². The Kier molecular flexibility index (Phi) is 11.4. The number of aromatic nitrogens is 3. The smallest absolute Gasteiger partial charge is 0.319 e. The third-order valence-electron chi connectivity index (χ3n) is 17.9. The van der Waals surface area contributed by atoms with Crippen molar-refractivity contribution in [2.45, 2.75) is 108 Å². The number of piperidine rings is 1. The maximum atomic E-state index is 17.2. The monoisotopic (exact) mass is 995 g/mol. The van der Waals surface area contributed by atoms with Gasteiger partial charge < -0.3 is 34.8 Å². The Morgan fingerprint density at radius 3 is 2.37 bits per heavy atom. The predicted octanol–water partition coefficient (Wildman–Crippen LogP) is 6.52. The van der Waals surface area contributed by atoms with Gasteiger partial charge in [0.25, 0.3) is 5.91 Å². The number of fused-ring (bicyclic) bond motifs is 5. The highest BCUT2D eigenvalue weighted by Crippen LogP contribution is 2.53. The number of pyridine rings is 1. The average molecular weight is 995 g/mol. The van der Waals surface area contributed by atoms with Crippen molar-refractivity contribution in [2.24, 2.45) is 10.8 Å². The average Bonchev–Trinajstić information content (AvgIpc) is 3.96. The molecule has 3 N–H and O–H groups in total. The van der Waals surface area contributed by atoms with Crippen LogP contribution in [0, 0.1) is 16.6 Å². The van der Waals surface area contributed by atoms with Gasteiger partial charge in [-0.1, -0.05) is 25.1 Å². The number of phenols is 1. The third-order valence-corrected chi connectivity index (χ3v) is 17.9. The van der Waals surface area contributed by atoms with Crippen molar-refractivity contribution in [3.05, 3.63) is 77.2 Å². The summed E-state index contributed by atoms with van der Waals surface area (Å²) >= 11 is 0. The van der Waals surface area contributed by atoms with E-state index in [4.69, 9.17) is 19.7 Å². The Hall–Kier alpha value is -6.04. The van der Waals surface area contributed by atoms with Crippen LogP contribution in [0.4, 0.5) is 20.3 Å². The van der Waals surface area contributed by atoms with E-state index in [9.17, 15) is 19.5 Å². The van der Waals surface area contributed by atoms with Crippen LogP contribution >= 0.6 is 0 Å². The van der Waals surface area contributed by atoms with E-state index in [0.29, 0.717) is 73.4 Å². The molecule has 2 aliphatic carbocycles. The van der Waals surface area contributed by atoms with Crippen LogP contribution in [0.1, 0.15) is 92.6 Å². The first-order valence-corrected chi connectivity index (χ1v) is 26.7. The van der Waals surface area contributed by atoms with E-state index in [1.165, 1.54) is 0 Å². The predicted molar refractivity (Wildman–Crippen MR) is 273 cm³/mol. The number of ether oxygens (including phenoxy) is 1. The number of amides is 3. The molecule has 5 saturated heterocycles. The molecule has 7 fully saturated rings. The number of aryl methyl sites for hydroxylation is 1. The van der Waals surface area contributed by atoms with Crippen LogP contribution in [0.25, 0.3) is 32.9 Å². The first-order chi connectivity index (χ1) is 35.3. The summed E-state index contributed by atoms with van der Waals surface area (Å²) in [7, 11) is 0. The number of rotatable bonds is 12. The summed E-state index contributed by atoms with van der Waals surface area (Å²) in [6.07, 6.45) is 10.1. The van der Waals surface area contributed by atoms with E-state index < -0.39 is 23.4 Å². The number of hydrogen-bond donors (Lipinski definition) is 3. The van der Waals surface area contributed by atoms with Crippen molar-refractivity contribution in [1.82, 2.24) is 40.3 Å². The number of benzene rings is 3. The second-order valence-electron chi connectivity index (χ2n) is 23.0. The maximum absolute atomic E-state index is 17.2. The number of nitrogens with zero attached hydrogens (tertiary/aromatic N) is 8. The highest BCUT2D eigenvalue weighted by Gasteiger charge is 2.54. The van der Waals surface area contributed by atoms with Gasteiger partial charge in [-0.3, -0.25) is 29.6 Å². The third kappa shape index (κ3) is 8.62. The first-order valence-electron chi connectivity index (χ1n) is 26.7. The van der Waals surface area contributed by atoms with Gasteiger partial charge in [0.1, 0.15) is 34.5 Å². The number of alkyl halides is 1. The Morgan fingerprint density at radius 1 is 0.849 bits per heavy atom. The highest BCUT2D eigenvalue weighted by atomic mass is 19.1. The Bertz CT molecular complexity index is 3040. The number of aromatic hydroxyl groups is 1. The number of likely N-dealkylation sites (tertiary alicyclic amines) is 1. The summed E-state index contributed by atoms with van der Waals surface area (Å²) in [6.45, 7) is 10.7. The molecule has 13 rings (SSSR count). The molecule has 2 unspecified atom stereocenters. The molecule has 0 radical (unpaired) electrons. The van der Waals surface area contributed by atoms with Crippen molar-refractivity contribution in [3.63, 3.8) is 0 Å². The van der Waals surface area contributed by atoms with Crippen molar-refractivity contribution in [3.8, 4) is 23.0 Å². The molecule has 3 aromatic carbocycles. The number of piperazine rings is 2. The SMILES string of the molecule is CCc1cccc2cc(O)cc(-c3ncc4c(N5CC6CCC(C5)N6)nc(OCC5(CN6CC7(CCC(F)(CN8CCN(c9ccc%10c(c9)CN([C@H]9CCC(=O)NC9=O)C%10=O)CC8)CC7)C6)CC5)nc4c3F)c12. The van der Waals surface area contributed by atoms with E-state index in [1.54, 1.807) is 23.2 Å². The number of nitrogens with one attached hydrogen (secondary N) is 2. The summed E-state index contributed by atoms with van der Waals surface area (Å²) in [5, 5.41) is 19.1. The molecule has 8 aliphatic rings. The maximum Gasteiger partial charge on any atom is 0.319 e. The zero-order valence-corrected chi connectivity index (χ0v) is 41.6. The molecule has 73 heavy (non-hydrogen) atoms. The van der Waals surface area contributed by atoms with Crippen LogP contribution in [0.5, 0.6) is 11.8 Å². The molecule has 15 nitrogen and oxygen atoms in total. The van der Waals surface area contributed by atoms with Gasteiger partial charge in [-0.05, 0) is 122 Å². The summed E-state index contributed by atoms with van der Waals surface area (Å²) in [4.78, 5) is 62.9. The van der Waals surface area contributed by atoms with Gasteiger partial charge in [0.15, 0.2) is 5.82 Å². The molecular weight excluding hydrogens is 931 g/mol. The standard InChI is InChI=1S/C56H64F2N10O5/c1-2-34-4-3-5-35-23-40(69)24-42(46(34)35)48-47(57)49-43(25-59-48)50(67-27-37-6-7-38(28-67)60-37)63-53(62-49)73-33-55(12-13-55)31-65-29-54(30-65)14-16-56(58,17-15-54)32-64-18-20-66(21-19-64)39-8-9-41-36(22-39)26-68(52(41)72)44-10-11-45(70)61-51(44)71/h3-5,8-9,22-25,37-38,44,60,69H,2,6-7,10-21,26-33H2,1H3,(H,61,70,71)/t37?,38?,44-/m0/s1. The van der Waals surface area contributed by atoms with Gasteiger partial charge in [-0.2, -0.15) is 9.97 Å². The Labute approximate surface area is 423 Å². The summed E-state index contributed by atoms with van der Waals surface area (Å²) in [5.41, 5.74) is 3.30. The van der Waals surface area contributed by atoms with E-state index >= 15 is 8.78 Å². The topological polar surface area (TPSA) is 160 Å². The zero-order chi connectivity index (χ0) is 49.8. The lowest BCUT2D eigenvalue weighted by Crippen LogP contribution is -2.61. The zero-order valence-electron chi connectivity index (χ0n) is 41.6. The van der Waals surface area contributed by atoms with Crippen LogP contribution in [0.3, 0.4) is 0 Å². The van der Waals surface area contributed by atoms with Gasteiger partial charge in [-0.15, -0.1) is 0 Å². The van der Waals surface area contributed by atoms with E-state index in [-0.39, 0.29) is 52.0 Å². The Balaban J connectivity index is 0.630. The molecule has 3 amide bonds. The summed E-state index contributed by atoms with van der Waals surface area (Å²) < 4.78 is 40.4. The van der Waals surface area contributed by atoms with E-state index in [2.05, 4.69) is 43.2 Å². The largest absolute Gasteiger partial charge is 0.508 e. The van der Waals surface area contributed by atoms with Gasteiger partial charge in [0, 0.05) is 119 Å². The molecule has 17 heteroatoms. The number of carbonyl (C=O) groups is 3. The fourth-order valence-electron chi connectivity index (χ4n) is 13.7. The fraction of sp³-hybridized carbons (Fsp3) is 0.536. The lowest BCUT2D eigenvalue weighted by atomic mass is 9.64. The molecule has 2 aromatic heterocycles. The van der Waals surface area contributed by atoms with Crippen molar-refractivity contribution in [1.29, 1.82) is 0 Å². The second-order valence-corrected chi connectivity index (χ2v) is 23.0.